The Morgan fingerprint density at radius 2 is 2.27 bits per heavy atom. The van der Waals surface area contributed by atoms with Gasteiger partial charge in [0.2, 0.25) is 0 Å². The van der Waals surface area contributed by atoms with Gasteiger partial charge in [0.25, 0.3) is 0 Å². The summed E-state index contributed by atoms with van der Waals surface area (Å²) >= 11 is 7.16. The minimum absolute atomic E-state index is 0.0762. The number of halogens is 1. The molecule has 4 nitrogen and oxygen atoms in total. The average molecular weight is 241 g/mol. The van der Waals surface area contributed by atoms with Crippen LogP contribution in [0.15, 0.2) is 23.7 Å². The van der Waals surface area contributed by atoms with E-state index < -0.39 is 5.97 Å². The summed E-state index contributed by atoms with van der Waals surface area (Å²) < 4.78 is 0. The lowest BCUT2D eigenvalue weighted by molar-refractivity contribution is 0.0690. The van der Waals surface area contributed by atoms with Crippen LogP contribution >= 0.6 is 22.9 Å². The molecular weight excluding hydrogens is 236 g/mol. The monoisotopic (exact) mass is 240 g/mol. The lowest BCUT2D eigenvalue weighted by Gasteiger charge is -1.99. The van der Waals surface area contributed by atoms with Crippen molar-refractivity contribution in [3.63, 3.8) is 0 Å². The quantitative estimate of drug-likeness (QED) is 0.876. The van der Waals surface area contributed by atoms with Crippen LogP contribution in [0.25, 0.3) is 10.7 Å². The molecule has 0 spiro atoms. The summed E-state index contributed by atoms with van der Waals surface area (Å²) in [6.07, 6.45) is 1.63. The fourth-order valence-electron chi connectivity index (χ4n) is 1.07. The molecule has 0 radical (unpaired) electrons. The highest BCUT2D eigenvalue weighted by atomic mass is 35.5. The third-order valence-electron chi connectivity index (χ3n) is 1.66. The molecule has 2 aromatic heterocycles. The molecule has 0 fully saturated rings. The van der Waals surface area contributed by atoms with E-state index in [2.05, 4.69) is 9.97 Å². The molecule has 6 heteroatoms. The molecule has 0 atom stereocenters. The highest BCUT2D eigenvalue weighted by Crippen LogP contribution is 2.23. The van der Waals surface area contributed by atoms with Crippen molar-refractivity contribution in [2.24, 2.45) is 0 Å². The van der Waals surface area contributed by atoms with Gasteiger partial charge in [-0.3, -0.25) is 0 Å². The van der Waals surface area contributed by atoms with Gasteiger partial charge >= 0.3 is 5.97 Å². The maximum absolute atomic E-state index is 10.7. The fourth-order valence-corrected chi connectivity index (χ4v) is 1.87. The lowest BCUT2D eigenvalue weighted by Crippen LogP contribution is -2.00. The Bertz CT molecular complexity index is 499. The number of carbonyl (C=O) groups is 1. The third kappa shape index (κ3) is 2.14. The molecule has 2 aromatic rings. The lowest BCUT2D eigenvalue weighted by atomic mass is 10.3. The van der Waals surface area contributed by atoms with E-state index in [0.29, 0.717) is 15.7 Å². The summed E-state index contributed by atoms with van der Waals surface area (Å²) in [7, 11) is 0. The molecule has 0 bridgehead atoms. The van der Waals surface area contributed by atoms with Gasteiger partial charge in [0, 0.05) is 16.6 Å². The van der Waals surface area contributed by atoms with Gasteiger partial charge in [-0.2, -0.15) is 0 Å². The molecule has 0 aliphatic heterocycles. The highest BCUT2D eigenvalue weighted by Gasteiger charge is 2.10. The first-order valence-electron chi connectivity index (χ1n) is 3.97. The van der Waals surface area contributed by atoms with Crippen LogP contribution in [0.5, 0.6) is 0 Å². The van der Waals surface area contributed by atoms with Crippen molar-refractivity contribution < 1.29 is 9.90 Å². The Morgan fingerprint density at radius 3 is 2.87 bits per heavy atom. The van der Waals surface area contributed by atoms with Crippen LogP contribution in [0.1, 0.15) is 10.5 Å². The molecule has 2 heterocycles. The summed E-state index contributed by atoms with van der Waals surface area (Å²) in [4.78, 5) is 18.7. The second-order valence-electron chi connectivity index (χ2n) is 2.70. The Labute approximate surface area is 94.2 Å². The van der Waals surface area contributed by atoms with Crippen LogP contribution < -0.4 is 0 Å². The van der Waals surface area contributed by atoms with Crippen LogP contribution in [0.4, 0.5) is 0 Å². The van der Waals surface area contributed by atoms with Crippen molar-refractivity contribution in [2.75, 3.05) is 0 Å². The maximum atomic E-state index is 10.7. The van der Waals surface area contributed by atoms with Crippen molar-refractivity contribution in [3.05, 3.63) is 34.4 Å². The Kier molecular flexibility index (Phi) is 2.66. The molecule has 0 unspecified atom stereocenters. The summed E-state index contributed by atoms with van der Waals surface area (Å²) in [5.74, 6) is -1.10. The van der Waals surface area contributed by atoms with Gasteiger partial charge in [0.05, 0.1) is 0 Å². The average Bonchev–Trinajstić information content (AvgIpc) is 2.69. The number of aromatic carboxylic acids is 1. The largest absolute Gasteiger partial charge is 0.477 e. The van der Waals surface area contributed by atoms with Crippen molar-refractivity contribution in [3.8, 4) is 10.7 Å². The first-order chi connectivity index (χ1) is 7.16. The second-order valence-corrected chi connectivity index (χ2v) is 4.03. The van der Waals surface area contributed by atoms with Crippen LogP contribution in [0.2, 0.25) is 5.02 Å². The number of nitrogens with zero attached hydrogens (tertiary/aromatic N) is 2. The van der Waals surface area contributed by atoms with E-state index in [4.69, 9.17) is 16.7 Å². The summed E-state index contributed by atoms with van der Waals surface area (Å²) in [6.45, 7) is 0. The van der Waals surface area contributed by atoms with Gasteiger partial charge in [0.15, 0.2) is 0 Å². The van der Waals surface area contributed by atoms with Crippen LogP contribution in [0.3, 0.4) is 0 Å². The molecule has 0 saturated carbocycles. The van der Waals surface area contributed by atoms with E-state index in [1.54, 1.807) is 17.6 Å². The predicted octanol–water partition coefficient (Wildman–Crippen LogP) is 2.56. The molecule has 0 aliphatic carbocycles. The fraction of sp³-hybridized carbons (Fsp3) is 0. The van der Waals surface area contributed by atoms with Gasteiger partial charge in [-0.05, 0) is 12.1 Å². The molecule has 76 valence electrons. The molecule has 0 amide bonds. The number of pyridine rings is 1. The van der Waals surface area contributed by atoms with Gasteiger partial charge in [0.1, 0.15) is 16.4 Å². The Hall–Kier alpha value is -1.46. The van der Waals surface area contributed by atoms with Crippen LogP contribution in [-0.4, -0.2) is 21.0 Å². The topological polar surface area (TPSA) is 63.1 Å². The SMILES string of the molecule is O=C(O)c1cc(Cl)cc(-c2nccs2)n1. The summed E-state index contributed by atoms with van der Waals surface area (Å²) in [6, 6.07) is 2.90. The van der Waals surface area contributed by atoms with Gasteiger partial charge in [-0.1, -0.05) is 11.6 Å². The van der Waals surface area contributed by atoms with Crippen molar-refractivity contribution >= 4 is 28.9 Å². The molecule has 0 aromatic carbocycles. The first kappa shape index (κ1) is 10.1. The third-order valence-corrected chi connectivity index (χ3v) is 2.67. The number of carboxylic acids is 1. The molecule has 1 N–H and O–H groups in total. The molecule has 2 rings (SSSR count). The molecule has 15 heavy (non-hydrogen) atoms. The minimum atomic E-state index is -1.10. The second kappa shape index (κ2) is 3.96. The summed E-state index contributed by atoms with van der Waals surface area (Å²) in [5.41, 5.74) is 0.405. The van der Waals surface area contributed by atoms with E-state index >= 15 is 0 Å². The van der Waals surface area contributed by atoms with Crippen molar-refractivity contribution in [1.29, 1.82) is 0 Å². The predicted molar refractivity (Wildman–Crippen MR) is 57.3 cm³/mol. The molecule has 0 saturated heterocycles. The minimum Gasteiger partial charge on any atom is -0.477 e. The van der Waals surface area contributed by atoms with E-state index in [9.17, 15) is 4.79 Å². The smallest absolute Gasteiger partial charge is 0.354 e. The normalized spacial score (nSPS) is 10.2. The van der Waals surface area contributed by atoms with Crippen LogP contribution in [0, 0.1) is 0 Å². The molecule has 0 aliphatic rings. The van der Waals surface area contributed by atoms with E-state index in [-0.39, 0.29) is 5.69 Å². The molecular formula is C9H5ClN2O2S. The van der Waals surface area contributed by atoms with Gasteiger partial charge in [-0.25, -0.2) is 14.8 Å². The van der Waals surface area contributed by atoms with Crippen molar-refractivity contribution in [1.82, 2.24) is 9.97 Å². The highest BCUT2D eigenvalue weighted by molar-refractivity contribution is 7.13. The Morgan fingerprint density at radius 1 is 1.47 bits per heavy atom. The van der Waals surface area contributed by atoms with Crippen molar-refractivity contribution in [2.45, 2.75) is 0 Å². The number of carboxylic acid groups (broad SMARTS) is 1. The standard InChI is InChI=1S/C9H5ClN2O2S/c10-5-3-6(8-11-1-2-15-8)12-7(4-5)9(13)14/h1-4H,(H,13,14). The van der Waals surface area contributed by atoms with E-state index in [1.807, 2.05) is 0 Å². The van der Waals surface area contributed by atoms with E-state index in [1.165, 1.54) is 17.4 Å². The van der Waals surface area contributed by atoms with Gasteiger partial charge in [-0.15, -0.1) is 11.3 Å². The summed E-state index contributed by atoms with van der Waals surface area (Å²) in [5, 5.41) is 11.6. The van der Waals surface area contributed by atoms with E-state index in [0.717, 1.165) is 0 Å². The zero-order chi connectivity index (χ0) is 10.8. The number of rotatable bonds is 2. The number of thiazole rings is 1. The van der Waals surface area contributed by atoms with Gasteiger partial charge < -0.3 is 5.11 Å². The zero-order valence-corrected chi connectivity index (χ0v) is 8.92. The van der Waals surface area contributed by atoms with Crippen LogP contribution in [-0.2, 0) is 0 Å². The number of aromatic nitrogens is 2. The number of hydrogen-bond donors (Lipinski definition) is 1. The number of hydrogen-bond acceptors (Lipinski definition) is 4. The first-order valence-corrected chi connectivity index (χ1v) is 5.23. The maximum Gasteiger partial charge on any atom is 0.354 e. The Balaban J connectivity index is 2.54. The zero-order valence-electron chi connectivity index (χ0n) is 7.35.